The number of fused-ring (bicyclic) bond motifs is 2. The van der Waals surface area contributed by atoms with E-state index in [2.05, 4.69) is 27.3 Å². The molecule has 9 nitrogen and oxygen atoms in total. The number of nitrogens with two attached hydrogens (primary N) is 2. The molecule has 3 unspecified atom stereocenters. The molecule has 1 amide bonds. The predicted octanol–water partition coefficient (Wildman–Crippen LogP) is 2.89. The summed E-state index contributed by atoms with van der Waals surface area (Å²) >= 11 is 1.37. The predicted molar refractivity (Wildman–Crippen MR) is 150 cm³/mol. The summed E-state index contributed by atoms with van der Waals surface area (Å²) in [6.07, 6.45) is 4.48. The van der Waals surface area contributed by atoms with Crippen LogP contribution in [0.25, 0.3) is 10.2 Å². The van der Waals surface area contributed by atoms with Crippen LogP contribution < -0.4 is 21.7 Å². The van der Waals surface area contributed by atoms with Crippen molar-refractivity contribution in [2.75, 3.05) is 37.4 Å². The monoisotopic (exact) mass is 536 g/mol. The van der Waals surface area contributed by atoms with Crippen LogP contribution in [0.4, 0.5) is 11.5 Å². The Morgan fingerprint density at radius 3 is 2.84 bits per heavy atom. The topological polar surface area (TPSA) is 129 Å². The first-order valence-corrected chi connectivity index (χ1v) is 14.2. The molecular formula is C28H36N6O3S. The van der Waals surface area contributed by atoms with Crippen LogP contribution in [0, 0.1) is 13.8 Å². The second-order valence-corrected chi connectivity index (χ2v) is 12.1. The van der Waals surface area contributed by atoms with Crippen molar-refractivity contribution in [1.82, 2.24) is 15.3 Å². The van der Waals surface area contributed by atoms with Gasteiger partial charge in [0.05, 0.1) is 30.0 Å². The fraction of sp³-hybridized carbons (Fsp3) is 0.536. The van der Waals surface area contributed by atoms with Crippen molar-refractivity contribution in [3.05, 3.63) is 45.6 Å². The number of amides is 1. The number of aryl methyl sites for hydroxylation is 3. The highest BCUT2D eigenvalue weighted by Gasteiger charge is 2.45. The lowest BCUT2D eigenvalue weighted by molar-refractivity contribution is -0.0383. The number of hydrogen-bond donors (Lipinski definition) is 3. The van der Waals surface area contributed by atoms with E-state index in [0.29, 0.717) is 17.2 Å². The number of aromatic nitrogens is 2. The largest absolute Gasteiger partial charge is 0.397 e. The van der Waals surface area contributed by atoms with Gasteiger partial charge < -0.3 is 31.2 Å². The van der Waals surface area contributed by atoms with E-state index < -0.39 is 0 Å². The summed E-state index contributed by atoms with van der Waals surface area (Å²) < 4.78 is 11.7. The maximum atomic E-state index is 13.2. The van der Waals surface area contributed by atoms with Gasteiger partial charge in [0, 0.05) is 43.0 Å². The van der Waals surface area contributed by atoms with E-state index in [9.17, 15) is 4.79 Å². The molecule has 202 valence electrons. The molecule has 1 saturated heterocycles. The third kappa shape index (κ3) is 4.75. The minimum absolute atomic E-state index is 0.0238. The molecule has 3 aliphatic rings. The number of thiophene rings is 1. The first-order chi connectivity index (χ1) is 18.2. The first kappa shape index (κ1) is 25.5. The number of hydrogen-bond acceptors (Lipinski definition) is 9. The van der Waals surface area contributed by atoms with Crippen molar-refractivity contribution >= 4 is 39.0 Å². The zero-order chi connectivity index (χ0) is 26.6. The Bertz CT molecular complexity index is 1390. The lowest BCUT2D eigenvalue weighted by Crippen LogP contribution is -2.39. The summed E-state index contributed by atoms with van der Waals surface area (Å²) in [6, 6.07) is 6.20. The average Bonchev–Trinajstić information content (AvgIpc) is 3.47. The first-order valence-electron chi connectivity index (χ1n) is 13.4. The highest BCUT2D eigenvalue weighted by molar-refractivity contribution is 7.21. The highest BCUT2D eigenvalue weighted by atomic mass is 32.1. The van der Waals surface area contributed by atoms with Gasteiger partial charge in [0.1, 0.15) is 15.5 Å². The molecule has 1 saturated carbocycles. The summed E-state index contributed by atoms with van der Waals surface area (Å²) in [5.41, 5.74) is 17.5. The second-order valence-electron chi connectivity index (χ2n) is 11.1. The number of ether oxygens (including phenoxy) is 2. The number of pyridine rings is 2. The van der Waals surface area contributed by atoms with Crippen LogP contribution in [0.15, 0.2) is 18.2 Å². The molecule has 0 radical (unpaired) electrons. The number of carbonyl (C=O) groups is 1. The molecule has 0 bridgehead atoms. The van der Waals surface area contributed by atoms with E-state index in [1.165, 1.54) is 16.9 Å². The highest BCUT2D eigenvalue weighted by Crippen LogP contribution is 2.40. The van der Waals surface area contributed by atoms with Crippen molar-refractivity contribution in [2.45, 2.75) is 69.7 Å². The van der Waals surface area contributed by atoms with Crippen molar-refractivity contribution in [3.8, 4) is 0 Å². The fourth-order valence-corrected chi connectivity index (χ4v) is 6.88. The molecule has 2 aliphatic carbocycles. The quantitative estimate of drug-likeness (QED) is 0.421. The van der Waals surface area contributed by atoms with Crippen molar-refractivity contribution in [1.29, 1.82) is 0 Å². The van der Waals surface area contributed by atoms with Crippen LogP contribution in [0.1, 0.15) is 51.4 Å². The van der Waals surface area contributed by atoms with Crippen molar-refractivity contribution in [3.63, 3.8) is 0 Å². The van der Waals surface area contributed by atoms with E-state index in [1.807, 2.05) is 19.9 Å². The smallest absolute Gasteiger partial charge is 0.263 e. The van der Waals surface area contributed by atoms with E-state index >= 15 is 0 Å². The van der Waals surface area contributed by atoms with Crippen LogP contribution in [-0.2, 0) is 22.3 Å². The van der Waals surface area contributed by atoms with Crippen LogP contribution in [0.5, 0.6) is 0 Å². The minimum Gasteiger partial charge on any atom is -0.397 e. The van der Waals surface area contributed by atoms with Gasteiger partial charge in [-0.1, -0.05) is 6.07 Å². The standard InChI is InChI=1S/C28H36N6O3S/c1-15-10-16(2)31-27-23(15)24(30)25(38-27)26(35)32-18-5-6-20-17(11-18)4-7-22(33-20)34-12-19(29)21(13-34)37-14-28(36-3)8-9-28/h4,7,10,18-19,21H,5-6,8-9,11-14,29-30H2,1-3H3,(H,32,35). The minimum atomic E-state index is -0.126. The van der Waals surface area contributed by atoms with Crippen molar-refractivity contribution in [2.24, 2.45) is 5.73 Å². The van der Waals surface area contributed by atoms with E-state index in [-0.39, 0.29) is 29.7 Å². The van der Waals surface area contributed by atoms with E-state index in [4.69, 9.17) is 25.9 Å². The fourth-order valence-electron chi connectivity index (χ4n) is 5.76. The Morgan fingerprint density at radius 2 is 2.08 bits per heavy atom. The molecule has 3 aromatic rings. The molecular weight excluding hydrogens is 500 g/mol. The number of nitrogens with zero attached hydrogens (tertiary/aromatic N) is 3. The van der Waals surface area contributed by atoms with Crippen LogP contribution in [0.2, 0.25) is 0 Å². The summed E-state index contributed by atoms with van der Waals surface area (Å²) in [6.45, 7) is 6.02. The number of carbonyl (C=O) groups excluding carboxylic acids is 1. The Labute approximate surface area is 226 Å². The summed E-state index contributed by atoms with van der Waals surface area (Å²) in [5.74, 6) is 0.816. The second kappa shape index (κ2) is 9.75. The Morgan fingerprint density at radius 1 is 1.26 bits per heavy atom. The van der Waals surface area contributed by atoms with Gasteiger partial charge in [-0.15, -0.1) is 11.3 Å². The van der Waals surface area contributed by atoms with Gasteiger partial charge in [-0.2, -0.15) is 0 Å². The Kier molecular flexibility index (Phi) is 6.54. The molecule has 2 fully saturated rings. The van der Waals surface area contributed by atoms with Crippen LogP contribution in [-0.4, -0.2) is 66.5 Å². The molecule has 5 N–H and O–H groups in total. The summed E-state index contributed by atoms with van der Waals surface area (Å²) in [7, 11) is 1.75. The normalized spacial score (nSPS) is 24.0. The molecule has 3 atom stereocenters. The third-order valence-electron chi connectivity index (χ3n) is 8.25. The van der Waals surface area contributed by atoms with Gasteiger partial charge in [0.25, 0.3) is 5.91 Å². The number of rotatable bonds is 7. The number of nitrogens with one attached hydrogen (secondary N) is 1. The zero-order valence-corrected chi connectivity index (χ0v) is 23.1. The molecule has 38 heavy (non-hydrogen) atoms. The molecule has 1 aliphatic heterocycles. The Hall–Kier alpha value is -2.79. The summed E-state index contributed by atoms with van der Waals surface area (Å²) in [5, 5.41) is 4.10. The third-order valence-corrected chi connectivity index (χ3v) is 9.35. The van der Waals surface area contributed by atoms with E-state index in [1.54, 1.807) is 7.11 Å². The number of anilines is 2. The Balaban J connectivity index is 1.09. The molecule has 4 heterocycles. The summed E-state index contributed by atoms with van der Waals surface area (Å²) in [4.78, 5) is 26.3. The lowest BCUT2D eigenvalue weighted by Gasteiger charge is -2.26. The van der Waals surface area contributed by atoms with Crippen LogP contribution >= 0.6 is 11.3 Å². The number of nitrogen functional groups attached to an aromatic ring is 1. The van der Waals surface area contributed by atoms with Gasteiger partial charge in [0.15, 0.2) is 0 Å². The maximum absolute atomic E-state index is 13.2. The van der Waals surface area contributed by atoms with Gasteiger partial charge >= 0.3 is 0 Å². The van der Waals surface area contributed by atoms with Crippen molar-refractivity contribution < 1.29 is 14.3 Å². The van der Waals surface area contributed by atoms with Crippen LogP contribution in [0.3, 0.4) is 0 Å². The molecule has 3 aromatic heterocycles. The SMILES string of the molecule is COC1(COC2CN(c3ccc4c(n3)CCC(NC(=O)c3sc5nc(C)cc(C)c5c3N)C4)CC2N)CC1. The van der Waals surface area contributed by atoms with Gasteiger partial charge in [-0.25, -0.2) is 9.97 Å². The zero-order valence-electron chi connectivity index (χ0n) is 22.3. The van der Waals surface area contributed by atoms with Gasteiger partial charge in [-0.3, -0.25) is 4.79 Å². The van der Waals surface area contributed by atoms with Gasteiger partial charge in [-0.05, 0) is 69.2 Å². The molecule has 0 aromatic carbocycles. The number of methoxy groups -OCH3 is 1. The van der Waals surface area contributed by atoms with E-state index in [0.717, 1.165) is 78.2 Å². The molecule has 0 spiro atoms. The lowest BCUT2D eigenvalue weighted by atomic mass is 9.91. The molecule has 6 rings (SSSR count). The van der Waals surface area contributed by atoms with Gasteiger partial charge in [0.2, 0.25) is 0 Å². The molecule has 10 heteroatoms. The maximum Gasteiger partial charge on any atom is 0.263 e. The average molecular weight is 537 g/mol.